The standard InChI is InChI=1S/C16H14Cl2O2/c17-13-6-2-1-4-11(13)10-14(18)12-5-3-7-15-16(12)20-9-8-19-15/h1-7,14H,8-10H2. The van der Waals surface area contributed by atoms with Crippen LogP contribution in [0.3, 0.4) is 0 Å². The van der Waals surface area contributed by atoms with Crippen molar-refractivity contribution in [3.63, 3.8) is 0 Å². The summed E-state index contributed by atoms with van der Waals surface area (Å²) < 4.78 is 11.3. The van der Waals surface area contributed by atoms with Crippen LogP contribution in [0.2, 0.25) is 5.02 Å². The summed E-state index contributed by atoms with van der Waals surface area (Å²) in [6, 6.07) is 13.6. The Morgan fingerprint density at radius 3 is 2.65 bits per heavy atom. The maximum atomic E-state index is 6.56. The van der Waals surface area contributed by atoms with E-state index in [1.54, 1.807) is 0 Å². The summed E-state index contributed by atoms with van der Waals surface area (Å²) in [5.41, 5.74) is 1.98. The van der Waals surface area contributed by atoms with E-state index in [1.807, 2.05) is 42.5 Å². The molecule has 1 unspecified atom stereocenters. The number of fused-ring (bicyclic) bond motifs is 1. The Kier molecular flexibility index (Phi) is 4.04. The molecule has 1 aliphatic heterocycles. The van der Waals surface area contributed by atoms with Gasteiger partial charge >= 0.3 is 0 Å². The predicted molar refractivity (Wildman–Crippen MR) is 81.2 cm³/mol. The molecule has 0 aromatic heterocycles. The van der Waals surface area contributed by atoms with Gasteiger partial charge in [-0.3, -0.25) is 0 Å². The first-order valence-electron chi connectivity index (χ1n) is 6.51. The van der Waals surface area contributed by atoms with Crippen molar-refractivity contribution < 1.29 is 9.47 Å². The Morgan fingerprint density at radius 2 is 1.80 bits per heavy atom. The Bertz CT molecular complexity index is 613. The van der Waals surface area contributed by atoms with Crippen LogP contribution in [0.1, 0.15) is 16.5 Å². The minimum atomic E-state index is -0.202. The minimum Gasteiger partial charge on any atom is -0.486 e. The zero-order valence-corrected chi connectivity index (χ0v) is 12.3. The van der Waals surface area contributed by atoms with Gasteiger partial charge in [-0.2, -0.15) is 0 Å². The summed E-state index contributed by atoms with van der Waals surface area (Å²) in [5.74, 6) is 1.52. The largest absolute Gasteiger partial charge is 0.486 e. The van der Waals surface area contributed by atoms with Gasteiger partial charge in [0.25, 0.3) is 0 Å². The van der Waals surface area contributed by atoms with Crippen molar-refractivity contribution in [2.75, 3.05) is 13.2 Å². The lowest BCUT2D eigenvalue weighted by Crippen LogP contribution is -2.17. The molecule has 0 amide bonds. The summed E-state index contributed by atoms with van der Waals surface area (Å²) in [5, 5.41) is 0.534. The van der Waals surface area contributed by atoms with E-state index in [1.165, 1.54) is 0 Å². The van der Waals surface area contributed by atoms with Gasteiger partial charge in [-0.1, -0.05) is 41.9 Å². The zero-order chi connectivity index (χ0) is 13.9. The highest BCUT2D eigenvalue weighted by Gasteiger charge is 2.21. The molecule has 0 bridgehead atoms. The van der Waals surface area contributed by atoms with E-state index < -0.39 is 0 Å². The van der Waals surface area contributed by atoms with Crippen LogP contribution in [0.15, 0.2) is 42.5 Å². The third-order valence-corrected chi connectivity index (χ3v) is 4.05. The SMILES string of the molecule is Clc1ccccc1CC(Cl)c1cccc2c1OCCO2. The summed E-state index contributed by atoms with van der Waals surface area (Å²) in [6.45, 7) is 1.13. The van der Waals surface area contributed by atoms with Gasteiger partial charge < -0.3 is 9.47 Å². The van der Waals surface area contributed by atoms with Crippen LogP contribution in [-0.2, 0) is 6.42 Å². The maximum Gasteiger partial charge on any atom is 0.166 e. The van der Waals surface area contributed by atoms with E-state index in [4.69, 9.17) is 32.7 Å². The van der Waals surface area contributed by atoms with Crippen LogP contribution in [-0.4, -0.2) is 13.2 Å². The highest BCUT2D eigenvalue weighted by Crippen LogP contribution is 2.40. The van der Waals surface area contributed by atoms with Gasteiger partial charge in [0.1, 0.15) is 13.2 Å². The van der Waals surface area contributed by atoms with Gasteiger partial charge in [-0.05, 0) is 24.1 Å². The molecule has 0 saturated carbocycles. The predicted octanol–water partition coefficient (Wildman–Crippen LogP) is 4.63. The number of halogens is 2. The second kappa shape index (κ2) is 5.94. The first kappa shape index (κ1) is 13.6. The smallest absolute Gasteiger partial charge is 0.166 e. The molecule has 1 atom stereocenters. The molecule has 3 rings (SSSR count). The molecule has 1 aliphatic rings. The number of benzene rings is 2. The number of ether oxygens (including phenoxy) is 2. The Balaban J connectivity index is 1.88. The topological polar surface area (TPSA) is 18.5 Å². The second-order valence-electron chi connectivity index (χ2n) is 4.63. The molecular weight excluding hydrogens is 295 g/mol. The van der Waals surface area contributed by atoms with Gasteiger partial charge in [-0.25, -0.2) is 0 Å². The molecule has 0 fully saturated rings. The van der Waals surface area contributed by atoms with E-state index in [2.05, 4.69) is 0 Å². The molecule has 104 valence electrons. The van der Waals surface area contributed by atoms with Crippen molar-refractivity contribution in [1.82, 2.24) is 0 Å². The molecule has 0 radical (unpaired) electrons. The van der Waals surface area contributed by atoms with Crippen LogP contribution < -0.4 is 9.47 Å². The van der Waals surface area contributed by atoms with Crippen LogP contribution in [0, 0.1) is 0 Å². The fourth-order valence-electron chi connectivity index (χ4n) is 2.31. The molecular formula is C16H14Cl2O2. The van der Waals surface area contributed by atoms with Crippen LogP contribution in [0.5, 0.6) is 11.5 Å². The van der Waals surface area contributed by atoms with Crippen molar-refractivity contribution in [3.8, 4) is 11.5 Å². The molecule has 4 heteroatoms. The molecule has 1 heterocycles. The Morgan fingerprint density at radius 1 is 1.00 bits per heavy atom. The zero-order valence-electron chi connectivity index (χ0n) is 10.8. The van der Waals surface area contributed by atoms with Crippen LogP contribution in [0.25, 0.3) is 0 Å². The Hall–Kier alpha value is -1.38. The fraction of sp³-hybridized carbons (Fsp3) is 0.250. The third kappa shape index (κ3) is 2.72. The maximum absolute atomic E-state index is 6.56. The van der Waals surface area contributed by atoms with E-state index in [0.29, 0.717) is 19.6 Å². The number of hydrogen-bond donors (Lipinski definition) is 0. The van der Waals surface area contributed by atoms with Crippen LogP contribution in [0.4, 0.5) is 0 Å². The highest BCUT2D eigenvalue weighted by atomic mass is 35.5. The first-order chi connectivity index (χ1) is 9.75. The number of para-hydroxylation sites is 1. The van der Waals surface area contributed by atoms with Crippen molar-refractivity contribution >= 4 is 23.2 Å². The van der Waals surface area contributed by atoms with E-state index in [0.717, 1.165) is 27.6 Å². The van der Waals surface area contributed by atoms with E-state index in [9.17, 15) is 0 Å². The molecule has 20 heavy (non-hydrogen) atoms. The van der Waals surface area contributed by atoms with Crippen LogP contribution >= 0.6 is 23.2 Å². The number of alkyl halides is 1. The third-order valence-electron chi connectivity index (χ3n) is 3.29. The quantitative estimate of drug-likeness (QED) is 0.769. The van der Waals surface area contributed by atoms with E-state index in [-0.39, 0.29) is 5.38 Å². The number of rotatable bonds is 3. The molecule has 0 spiro atoms. The summed E-state index contributed by atoms with van der Waals surface area (Å²) in [7, 11) is 0. The molecule has 0 N–H and O–H groups in total. The summed E-state index contributed by atoms with van der Waals surface area (Å²) in [6.07, 6.45) is 0.654. The van der Waals surface area contributed by atoms with Gasteiger partial charge in [-0.15, -0.1) is 11.6 Å². The summed E-state index contributed by atoms with van der Waals surface area (Å²) in [4.78, 5) is 0. The normalized spacial score (nSPS) is 14.9. The number of hydrogen-bond acceptors (Lipinski definition) is 2. The van der Waals surface area contributed by atoms with Crippen molar-refractivity contribution in [1.29, 1.82) is 0 Å². The molecule has 2 nitrogen and oxygen atoms in total. The lowest BCUT2D eigenvalue weighted by Gasteiger charge is -2.23. The van der Waals surface area contributed by atoms with Gasteiger partial charge in [0.15, 0.2) is 11.5 Å². The molecule has 2 aromatic rings. The van der Waals surface area contributed by atoms with Gasteiger partial charge in [0.2, 0.25) is 0 Å². The second-order valence-corrected chi connectivity index (χ2v) is 5.57. The summed E-state index contributed by atoms with van der Waals surface area (Å²) >= 11 is 12.7. The molecule has 0 aliphatic carbocycles. The van der Waals surface area contributed by atoms with Crippen molar-refractivity contribution in [3.05, 3.63) is 58.6 Å². The lowest BCUT2D eigenvalue weighted by molar-refractivity contribution is 0.170. The van der Waals surface area contributed by atoms with Crippen molar-refractivity contribution in [2.45, 2.75) is 11.8 Å². The highest BCUT2D eigenvalue weighted by molar-refractivity contribution is 6.31. The van der Waals surface area contributed by atoms with Crippen molar-refractivity contribution in [2.24, 2.45) is 0 Å². The van der Waals surface area contributed by atoms with E-state index >= 15 is 0 Å². The van der Waals surface area contributed by atoms with Gasteiger partial charge in [0, 0.05) is 10.6 Å². The monoisotopic (exact) mass is 308 g/mol. The minimum absolute atomic E-state index is 0.202. The Labute approximate surface area is 128 Å². The lowest BCUT2D eigenvalue weighted by atomic mass is 10.0. The molecule has 0 saturated heterocycles. The average Bonchev–Trinajstić information content (AvgIpc) is 2.49. The first-order valence-corrected chi connectivity index (χ1v) is 7.33. The fourth-order valence-corrected chi connectivity index (χ4v) is 2.86. The van der Waals surface area contributed by atoms with Gasteiger partial charge in [0.05, 0.1) is 5.38 Å². The molecule has 2 aromatic carbocycles. The average molecular weight is 309 g/mol.